The number of rotatable bonds is 10. The average Bonchev–Trinajstić information content (AvgIpc) is 3.01. The van der Waals surface area contributed by atoms with Crippen LogP contribution in [0.25, 0.3) is 5.57 Å². The van der Waals surface area contributed by atoms with E-state index in [1.807, 2.05) is 47.4 Å². The lowest BCUT2D eigenvalue weighted by Gasteiger charge is -2.25. The van der Waals surface area contributed by atoms with Crippen molar-refractivity contribution in [3.63, 3.8) is 0 Å². The number of ether oxygens (including phenoxy) is 2. The van der Waals surface area contributed by atoms with Gasteiger partial charge in [-0.3, -0.25) is 14.5 Å². The first-order chi connectivity index (χ1) is 14.6. The Hall–Kier alpha value is -2.67. The lowest BCUT2D eigenvalue weighted by atomic mass is 10.0. The van der Waals surface area contributed by atoms with Gasteiger partial charge in [-0.15, -0.1) is 0 Å². The van der Waals surface area contributed by atoms with Crippen molar-refractivity contribution >= 4 is 29.0 Å². The van der Waals surface area contributed by atoms with Gasteiger partial charge < -0.3 is 14.4 Å². The number of benzene rings is 2. The number of imide groups is 1. The normalized spacial score (nSPS) is 14.0. The largest absolute Gasteiger partial charge is 0.383 e. The first kappa shape index (κ1) is 22.0. The molecule has 0 saturated carbocycles. The molecule has 158 valence electrons. The molecule has 0 spiro atoms. The monoisotopic (exact) mass is 428 g/mol. The van der Waals surface area contributed by atoms with Gasteiger partial charge in [0.25, 0.3) is 11.8 Å². The fourth-order valence-electron chi connectivity index (χ4n) is 3.38. The van der Waals surface area contributed by atoms with Crippen LogP contribution in [0.3, 0.4) is 0 Å². The highest BCUT2D eigenvalue weighted by Gasteiger charge is 2.41. The Morgan fingerprint density at radius 1 is 0.867 bits per heavy atom. The molecule has 6 nitrogen and oxygen atoms in total. The Morgan fingerprint density at radius 2 is 1.47 bits per heavy atom. The fourth-order valence-corrected chi connectivity index (χ4v) is 3.50. The van der Waals surface area contributed by atoms with Crippen LogP contribution >= 0.6 is 11.6 Å². The fraction of sp³-hybridized carbons (Fsp3) is 0.304. The van der Waals surface area contributed by atoms with Gasteiger partial charge >= 0.3 is 0 Å². The molecular formula is C23H25ClN2O4. The van der Waals surface area contributed by atoms with Crippen LogP contribution in [0, 0.1) is 0 Å². The second kappa shape index (κ2) is 10.4. The lowest BCUT2D eigenvalue weighted by Crippen LogP contribution is -2.37. The second-order valence-corrected chi connectivity index (χ2v) is 7.32. The minimum atomic E-state index is -0.319. The van der Waals surface area contributed by atoms with Crippen molar-refractivity contribution < 1.29 is 19.1 Å². The van der Waals surface area contributed by atoms with E-state index in [1.165, 1.54) is 4.90 Å². The summed E-state index contributed by atoms with van der Waals surface area (Å²) in [5.41, 5.74) is 2.33. The Morgan fingerprint density at radius 3 is 2.03 bits per heavy atom. The van der Waals surface area contributed by atoms with E-state index in [4.69, 9.17) is 21.1 Å². The first-order valence-corrected chi connectivity index (χ1v) is 10.1. The second-order valence-electron chi connectivity index (χ2n) is 6.89. The SMILES string of the molecule is COCCN(CCOC)C1=C(c2ccccc2)C(=O)N(Cc2ccc(Cl)cc2)C1=O. The van der Waals surface area contributed by atoms with Gasteiger partial charge in [0.2, 0.25) is 0 Å². The van der Waals surface area contributed by atoms with E-state index in [1.54, 1.807) is 26.4 Å². The quantitative estimate of drug-likeness (QED) is 0.544. The van der Waals surface area contributed by atoms with Crippen LogP contribution in [0.15, 0.2) is 60.3 Å². The molecule has 0 atom stereocenters. The minimum absolute atomic E-state index is 0.178. The van der Waals surface area contributed by atoms with Gasteiger partial charge in [0.05, 0.1) is 25.3 Å². The standard InChI is InChI=1S/C23H25ClN2O4/c1-29-14-12-25(13-15-30-2)21-20(18-6-4-3-5-7-18)22(27)26(23(21)28)16-17-8-10-19(24)11-9-17/h3-11H,12-16H2,1-2H3. The van der Waals surface area contributed by atoms with Gasteiger partial charge in [-0.1, -0.05) is 54.1 Å². The maximum absolute atomic E-state index is 13.4. The molecule has 1 heterocycles. The zero-order valence-electron chi connectivity index (χ0n) is 17.1. The van der Waals surface area contributed by atoms with Gasteiger partial charge in [-0.05, 0) is 23.3 Å². The molecule has 0 aliphatic carbocycles. The molecule has 7 heteroatoms. The van der Waals surface area contributed by atoms with Crippen molar-refractivity contribution in [1.82, 2.24) is 9.80 Å². The summed E-state index contributed by atoms with van der Waals surface area (Å²) >= 11 is 5.96. The molecule has 0 radical (unpaired) electrons. The topological polar surface area (TPSA) is 59.1 Å². The van der Waals surface area contributed by atoms with Crippen LogP contribution in [0.1, 0.15) is 11.1 Å². The summed E-state index contributed by atoms with van der Waals surface area (Å²) in [4.78, 5) is 30.0. The van der Waals surface area contributed by atoms with Gasteiger partial charge in [-0.2, -0.15) is 0 Å². The van der Waals surface area contributed by atoms with Gasteiger partial charge in [-0.25, -0.2) is 0 Å². The van der Waals surface area contributed by atoms with Crippen molar-refractivity contribution in [2.45, 2.75) is 6.54 Å². The number of hydrogen-bond acceptors (Lipinski definition) is 5. The van der Waals surface area contributed by atoms with Crippen molar-refractivity contribution in [2.75, 3.05) is 40.5 Å². The summed E-state index contributed by atoms with van der Waals surface area (Å²) in [6.45, 7) is 1.97. The molecule has 0 saturated heterocycles. The van der Waals surface area contributed by atoms with Crippen molar-refractivity contribution in [3.05, 3.63) is 76.4 Å². The molecule has 2 aromatic rings. The van der Waals surface area contributed by atoms with Crippen LogP contribution < -0.4 is 0 Å². The number of methoxy groups -OCH3 is 2. The molecule has 0 fully saturated rings. The van der Waals surface area contributed by atoms with E-state index >= 15 is 0 Å². The van der Waals surface area contributed by atoms with Crippen LogP contribution in [-0.2, 0) is 25.6 Å². The number of nitrogens with zero attached hydrogens (tertiary/aromatic N) is 2. The summed E-state index contributed by atoms with van der Waals surface area (Å²) < 4.78 is 10.4. The number of carbonyl (C=O) groups is 2. The third-order valence-electron chi connectivity index (χ3n) is 4.91. The molecule has 1 aliphatic rings. The summed E-state index contributed by atoms with van der Waals surface area (Å²) in [5.74, 6) is -0.628. The van der Waals surface area contributed by atoms with Gasteiger partial charge in [0.1, 0.15) is 5.70 Å². The molecule has 2 amide bonds. The lowest BCUT2D eigenvalue weighted by molar-refractivity contribution is -0.138. The molecule has 0 N–H and O–H groups in total. The Kier molecular flexibility index (Phi) is 7.63. The first-order valence-electron chi connectivity index (χ1n) is 9.70. The molecule has 2 aromatic carbocycles. The highest BCUT2D eigenvalue weighted by atomic mass is 35.5. The van der Waals surface area contributed by atoms with E-state index in [0.29, 0.717) is 48.2 Å². The zero-order chi connectivity index (χ0) is 21.5. The summed E-state index contributed by atoms with van der Waals surface area (Å²) in [6.07, 6.45) is 0. The van der Waals surface area contributed by atoms with Crippen LogP contribution in [0.5, 0.6) is 0 Å². The maximum atomic E-state index is 13.4. The van der Waals surface area contributed by atoms with E-state index in [2.05, 4.69) is 0 Å². The minimum Gasteiger partial charge on any atom is -0.383 e. The van der Waals surface area contributed by atoms with Crippen LogP contribution in [0.2, 0.25) is 5.02 Å². The summed E-state index contributed by atoms with van der Waals surface area (Å²) in [7, 11) is 3.21. The summed E-state index contributed by atoms with van der Waals surface area (Å²) in [5, 5.41) is 0.604. The van der Waals surface area contributed by atoms with Crippen molar-refractivity contribution in [1.29, 1.82) is 0 Å². The Bertz CT molecular complexity index is 905. The van der Waals surface area contributed by atoms with Gasteiger partial charge in [0, 0.05) is 32.3 Å². The van der Waals surface area contributed by atoms with E-state index < -0.39 is 0 Å². The maximum Gasteiger partial charge on any atom is 0.278 e. The molecule has 0 unspecified atom stereocenters. The number of halogens is 1. The predicted octanol–water partition coefficient (Wildman–Crippen LogP) is 3.21. The molecule has 3 rings (SSSR count). The average molecular weight is 429 g/mol. The van der Waals surface area contributed by atoms with E-state index in [9.17, 15) is 9.59 Å². The molecule has 0 bridgehead atoms. The number of amides is 2. The highest BCUT2D eigenvalue weighted by Crippen LogP contribution is 2.32. The molecule has 30 heavy (non-hydrogen) atoms. The molecular weight excluding hydrogens is 404 g/mol. The number of hydrogen-bond donors (Lipinski definition) is 0. The Balaban J connectivity index is 2.00. The van der Waals surface area contributed by atoms with Crippen molar-refractivity contribution in [3.8, 4) is 0 Å². The number of carbonyl (C=O) groups excluding carboxylic acids is 2. The Labute approximate surface area is 181 Å². The third-order valence-corrected chi connectivity index (χ3v) is 5.16. The third kappa shape index (κ3) is 4.90. The smallest absolute Gasteiger partial charge is 0.278 e. The van der Waals surface area contributed by atoms with Crippen LogP contribution in [-0.4, -0.2) is 62.1 Å². The van der Waals surface area contributed by atoms with Crippen LogP contribution in [0.4, 0.5) is 0 Å². The molecule has 1 aliphatic heterocycles. The van der Waals surface area contributed by atoms with E-state index in [-0.39, 0.29) is 18.4 Å². The van der Waals surface area contributed by atoms with E-state index in [0.717, 1.165) is 5.56 Å². The predicted molar refractivity (Wildman–Crippen MR) is 116 cm³/mol. The molecule has 0 aromatic heterocycles. The van der Waals surface area contributed by atoms with Gasteiger partial charge in [0.15, 0.2) is 0 Å². The highest BCUT2D eigenvalue weighted by molar-refractivity contribution is 6.35. The van der Waals surface area contributed by atoms with Crippen molar-refractivity contribution in [2.24, 2.45) is 0 Å². The zero-order valence-corrected chi connectivity index (χ0v) is 17.9. The summed E-state index contributed by atoms with van der Waals surface area (Å²) in [6, 6.07) is 16.4.